The summed E-state index contributed by atoms with van der Waals surface area (Å²) in [5, 5.41) is 13.5. The number of hydrogen-bond donors (Lipinski definition) is 2. The molecule has 0 radical (unpaired) electrons. The Morgan fingerprint density at radius 3 is 2.38 bits per heavy atom. The van der Waals surface area contributed by atoms with Crippen molar-refractivity contribution in [2.75, 3.05) is 5.75 Å². The van der Waals surface area contributed by atoms with Crippen molar-refractivity contribution in [1.82, 2.24) is 15.3 Å². The van der Waals surface area contributed by atoms with Crippen LogP contribution in [-0.2, 0) is 22.6 Å². The Bertz CT molecular complexity index is 1690. The Labute approximate surface area is 267 Å². The van der Waals surface area contributed by atoms with E-state index in [2.05, 4.69) is 52.5 Å². The van der Waals surface area contributed by atoms with Gasteiger partial charge in [0.15, 0.2) is 6.29 Å². The molecule has 3 heterocycles. The zero-order chi connectivity index (χ0) is 31.0. The highest BCUT2D eigenvalue weighted by Crippen LogP contribution is 2.43. The number of nitrogens with zero attached hydrogens (tertiary/aromatic N) is 2. The summed E-state index contributed by atoms with van der Waals surface area (Å²) in [5.74, 6) is 0.662. The van der Waals surface area contributed by atoms with Crippen LogP contribution in [0.25, 0.3) is 11.1 Å². The van der Waals surface area contributed by atoms with Gasteiger partial charge in [0, 0.05) is 42.4 Å². The second-order valence-corrected chi connectivity index (χ2v) is 12.0. The van der Waals surface area contributed by atoms with Gasteiger partial charge in [-0.15, -0.1) is 11.8 Å². The number of carbonyl (C=O) groups excluding carboxylic acids is 1. The minimum absolute atomic E-state index is 0.00277. The molecule has 0 saturated carbocycles. The third kappa shape index (κ3) is 7.49. The molecule has 228 valence electrons. The number of amides is 1. The third-order valence-electron chi connectivity index (χ3n) is 8.03. The lowest BCUT2D eigenvalue weighted by Crippen LogP contribution is -2.38. The lowest BCUT2D eigenvalue weighted by atomic mass is 9.91. The summed E-state index contributed by atoms with van der Waals surface area (Å²) >= 11 is 1.68. The average Bonchev–Trinajstić information content (AvgIpc) is 3.11. The fourth-order valence-electron chi connectivity index (χ4n) is 5.46. The number of thioether (sulfide) groups is 1. The van der Waals surface area contributed by atoms with Crippen molar-refractivity contribution >= 4 is 17.7 Å². The van der Waals surface area contributed by atoms with E-state index >= 15 is 0 Å². The van der Waals surface area contributed by atoms with Gasteiger partial charge in [0.1, 0.15) is 0 Å². The molecule has 1 aliphatic heterocycles. The number of carbonyl (C=O) groups is 1. The van der Waals surface area contributed by atoms with Crippen LogP contribution in [-0.4, -0.2) is 32.8 Å². The van der Waals surface area contributed by atoms with E-state index in [0.717, 1.165) is 44.2 Å². The zero-order valence-corrected chi connectivity index (χ0v) is 25.8. The zero-order valence-electron chi connectivity index (χ0n) is 25.0. The summed E-state index contributed by atoms with van der Waals surface area (Å²) < 4.78 is 13.3. The number of nitrogens with one attached hydrogen (secondary N) is 1. The smallest absolute Gasteiger partial charge is 0.253 e. The second-order valence-electron chi connectivity index (χ2n) is 11.0. The molecule has 1 aliphatic rings. The fraction of sp³-hybridized carbons (Fsp3) is 0.216. The van der Waals surface area contributed by atoms with Crippen molar-refractivity contribution in [2.45, 2.75) is 43.6 Å². The number of ether oxygens (including phenoxy) is 2. The number of pyridine rings is 2. The van der Waals surface area contributed by atoms with Crippen LogP contribution in [0.4, 0.5) is 0 Å². The first kappa shape index (κ1) is 30.7. The van der Waals surface area contributed by atoms with E-state index in [1.165, 1.54) is 0 Å². The van der Waals surface area contributed by atoms with Gasteiger partial charge in [-0.05, 0) is 52.1 Å². The van der Waals surface area contributed by atoms with Gasteiger partial charge in [-0.25, -0.2) is 4.98 Å². The quantitative estimate of drug-likeness (QED) is 0.161. The number of aliphatic hydroxyl groups excluding tert-OH is 1. The molecule has 2 aromatic heterocycles. The summed E-state index contributed by atoms with van der Waals surface area (Å²) in [6, 6.07) is 33.7. The Morgan fingerprint density at radius 1 is 0.867 bits per heavy atom. The Hall–Kier alpha value is -4.34. The summed E-state index contributed by atoms with van der Waals surface area (Å²) in [6.45, 7) is 2.56. The van der Waals surface area contributed by atoms with Gasteiger partial charge in [0.25, 0.3) is 5.91 Å². The predicted octanol–water partition coefficient (Wildman–Crippen LogP) is 7.15. The van der Waals surface area contributed by atoms with Crippen molar-refractivity contribution < 1.29 is 19.4 Å². The van der Waals surface area contributed by atoms with Crippen LogP contribution in [0.1, 0.15) is 51.9 Å². The normalized spacial score (nSPS) is 19.6. The Kier molecular flexibility index (Phi) is 9.97. The molecule has 8 heteroatoms. The first-order valence-corrected chi connectivity index (χ1v) is 16.0. The van der Waals surface area contributed by atoms with Gasteiger partial charge in [-0.2, -0.15) is 0 Å². The number of aliphatic hydroxyl groups is 1. The Morgan fingerprint density at radius 2 is 1.64 bits per heavy atom. The van der Waals surface area contributed by atoms with Crippen LogP contribution >= 0.6 is 11.8 Å². The van der Waals surface area contributed by atoms with Crippen molar-refractivity contribution in [3.8, 4) is 11.1 Å². The molecule has 2 N–H and O–H groups in total. The second kappa shape index (κ2) is 14.6. The van der Waals surface area contributed by atoms with Crippen molar-refractivity contribution in [1.29, 1.82) is 0 Å². The topological polar surface area (TPSA) is 93.6 Å². The monoisotopic (exact) mass is 617 g/mol. The molecular weight excluding hydrogens is 582 g/mol. The van der Waals surface area contributed by atoms with Crippen LogP contribution in [0, 0.1) is 5.92 Å². The SMILES string of the molecule is CC1C(CSc2ccccn2)OC(c2ccc(-c3ccccc3CNC(=O)c3cccnc3)cc2)OC1c1ccc(CO)cc1. The number of rotatable bonds is 10. The molecule has 6 rings (SSSR count). The molecule has 0 aliphatic carbocycles. The summed E-state index contributed by atoms with van der Waals surface area (Å²) in [6.07, 6.45) is 4.19. The number of hydrogen-bond acceptors (Lipinski definition) is 7. The van der Waals surface area contributed by atoms with Crippen LogP contribution in [0.3, 0.4) is 0 Å². The van der Waals surface area contributed by atoms with Crippen LogP contribution < -0.4 is 5.32 Å². The molecule has 1 saturated heterocycles. The highest BCUT2D eigenvalue weighted by atomic mass is 32.2. The molecule has 4 unspecified atom stereocenters. The van der Waals surface area contributed by atoms with Crippen molar-refractivity contribution in [3.05, 3.63) is 150 Å². The maximum absolute atomic E-state index is 12.6. The minimum Gasteiger partial charge on any atom is -0.392 e. The van der Waals surface area contributed by atoms with Crippen molar-refractivity contribution in [2.24, 2.45) is 5.92 Å². The fourth-order valence-corrected chi connectivity index (χ4v) is 6.49. The molecule has 0 bridgehead atoms. The maximum atomic E-state index is 12.6. The van der Waals surface area contributed by atoms with Gasteiger partial charge >= 0.3 is 0 Å². The molecule has 1 fully saturated rings. The molecule has 5 aromatic rings. The number of aromatic nitrogens is 2. The van der Waals surface area contributed by atoms with E-state index < -0.39 is 6.29 Å². The van der Waals surface area contributed by atoms with Crippen molar-refractivity contribution in [3.63, 3.8) is 0 Å². The molecule has 1 amide bonds. The molecule has 4 atom stereocenters. The highest BCUT2D eigenvalue weighted by Gasteiger charge is 2.38. The van der Waals surface area contributed by atoms with Crippen LogP contribution in [0.5, 0.6) is 0 Å². The average molecular weight is 618 g/mol. The van der Waals surface area contributed by atoms with Gasteiger partial charge in [0.2, 0.25) is 0 Å². The lowest BCUT2D eigenvalue weighted by Gasteiger charge is -2.41. The predicted molar refractivity (Wildman–Crippen MR) is 175 cm³/mol. The highest BCUT2D eigenvalue weighted by molar-refractivity contribution is 7.99. The summed E-state index contributed by atoms with van der Waals surface area (Å²) in [7, 11) is 0. The first-order chi connectivity index (χ1) is 22.1. The van der Waals surface area contributed by atoms with Gasteiger partial charge < -0.3 is 19.9 Å². The molecular formula is C37H35N3O4S. The van der Waals surface area contributed by atoms with Crippen LogP contribution in [0.15, 0.2) is 127 Å². The first-order valence-electron chi connectivity index (χ1n) is 15.0. The van der Waals surface area contributed by atoms with E-state index in [1.807, 2.05) is 60.7 Å². The maximum Gasteiger partial charge on any atom is 0.253 e. The molecule has 0 spiro atoms. The van der Waals surface area contributed by atoms with E-state index in [9.17, 15) is 9.90 Å². The Balaban J connectivity index is 1.21. The lowest BCUT2D eigenvalue weighted by molar-refractivity contribution is -0.268. The summed E-state index contributed by atoms with van der Waals surface area (Å²) in [5.41, 5.74) is 6.47. The molecule has 3 aromatic carbocycles. The number of benzene rings is 3. The standard InChI is InChI=1S/C37H35N3O4S/c1-25-33(24-45-34-10-4-5-20-39-34)43-37(44-35(25)28-13-11-26(23-41)12-14-28)29-17-15-27(16-18-29)32-9-3-2-7-30(32)22-40-36(42)31-8-6-19-38-21-31/h2-21,25,33,35,37,41H,22-24H2,1H3,(H,40,42). The van der Waals surface area contributed by atoms with Gasteiger partial charge in [0.05, 0.1) is 29.4 Å². The summed E-state index contributed by atoms with van der Waals surface area (Å²) in [4.78, 5) is 21.1. The largest absolute Gasteiger partial charge is 0.392 e. The van der Waals surface area contributed by atoms with Gasteiger partial charge in [-0.1, -0.05) is 85.8 Å². The third-order valence-corrected chi connectivity index (χ3v) is 9.06. The molecule has 45 heavy (non-hydrogen) atoms. The van der Waals surface area contributed by atoms with E-state index in [1.54, 1.807) is 42.5 Å². The van der Waals surface area contributed by atoms with E-state index in [0.29, 0.717) is 12.1 Å². The van der Waals surface area contributed by atoms with Crippen LogP contribution in [0.2, 0.25) is 0 Å². The van der Waals surface area contributed by atoms with E-state index in [-0.39, 0.29) is 30.6 Å². The van der Waals surface area contributed by atoms with Gasteiger partial charge in [-0.3, -0.25) is 9.78 Å². The molecule has 7 nitrogen and oxygen atoms in total. The van der Waals surface area contributed by atoms with E-state index in [4.69, 9.17) is 9.47 Å². The minimum atomic E-state index is -0.555.